The van der Waals surface area contributed by atoms with Crippen LogP contribution < -0.4 is 0 Å². The third-order valence-corrected chi connectivity index (χ3v) is 1.19. The van der Waals surface area contributed by atoms with Crippen molar-refractivity contribution in [2.24, 2.45) is 0 Å². The van der Waals surface area contributed by atoms with Gasteiger partial charge in [-0.05, 0) is 12.8 Å². The molecule has 0 saturated carbocycles. The maximum absolute atomic E-state index is 9.97. The molecule has 1 unspecified atom stereocenters. The molecule has 1 aliphatic rings. The first kappa shape index (κ1) is 5.56. The molecule has 45 valence electrons. The summed E-state index contributed by atoms with van der Waals surface area (Å²) >= 11 is 0. The smallest absolute Gasteiger partial charge is 0.366 e. The molecular weight excluding hydrogens is 108 g/mol. The van der Waals surface area contributed by atoms with E-state index in [9.17, 15) is 9.90 Å². The number of ether oxygens (including phenoxy) is 1. The molecule has 1 aliphatic heterocycles. The summed E-state index contributed by atoms with van der Waals surface area (Å²) in [5.74, 6) is -1.08. The predicted molar refractivity (Wildman–Crippen MR) is 24.7 cm³/mol. The number of hydrogen-bond donors (Lipinski definition) is 0. The van der Waals surface area contributed by atoms with Crippen molar-refractivity contribution in [3.8, 4) is 0 Å². The van der Waals surface area contributed by atoms with E-state index in [1.807, 2.05) is 0 Å². The first-order valence-electron chi connectivity index (χ1n) is 2.63. The second-order valence-corrected chi connectivity index (χ2v) is 1.82. The van der Waals surface area contributed by atoms with E-state index >= 15 is 0 Å². The lowest BCUT2D eigenvalue weighted by molar-refractivity contribution is -0.153. The largest absolute Gasteiger partial charge is 0.383 e. The van der Waals surface area contributed by atoms with Gasteiger partial charge in [0.2, 0.25) is 0 Å². The Morgan fingerprint density at radius 2 is 2.38 bits per heavy atom. The van der Waals surface area contributed by atoms with Crippen molar-refractivity contribution in [3.05, 3.63) is 0 Å². The highest BCUT2D eigenvalue weighted by Crippen LogP contribution is 2.11. The Morgan fingerprint density at radius 1 is 1.62 bits per heavy atom. The summed E-state index contributed by atoms with van der Waals surface area (Å²) < 4.78 is 4.75. The highest BCUT2D eigenvalue weighted by Gasteiger charge is 2.23. The van der Waals surface area contributed by atoms with E-state index in [0.717, 1.165) is 6.42 Å². The number of rotatable bonds is 1. The SMILES string of the molecule is [O]C(=O)C1CCCO1. The van der Waals surface area contributed by atoms with E-state index in [0.29, 0.717) is 13.0 Å². The van der Waals surface area contributed by atoms with Crippen LogP contribution in [0.3, 0.4) is 0 Å². The zero-order valence-corrected chi connectivity index (χ0v) is 4.42. The van der Waals surface area contributed by atoms with E-state index in [4.69, 9.17) is 4.74 Å². The Balaban J connectivity index is 2.35. The molecule has 0 aromatic rings. The molecule has 1 rings (SSSR count). The molecule has 3 heteroatoms. The second-order valence-electron chi connectivity index (χ2n) is 1.82. The maximum atomic E-state index is 9.97. The maximum Gasteiger partial charge on any atom is 0.383 e. The number of hydrogen-bond acceptors (Lipinski definition) is 2. The van der Waals surface area contributed by atoms with E-state index in [1.165, 1.54) is 0 Å². The fourth-order valence-corrected chi connectivity index (χ4v) is 0.764. The van der Waals surface area contributed by atoms with Crippen molar-refractivity contribution in [2.45, 2.75) is 18.9 Å². The zero-order chi connectivity index (χ0) is 5.98. The Labute approximate surface area is 47.3 Å². The van der Waals surface area contributed by atoms with E-state index in [-0.39, 0.29) is 0 Å². The number of carbonyl (C=O) groups excluding carboxylic acids is 1. The second kappa shape index (κ2) is 2.13. The summed E-state index contributed by atoms with van der Waals surface area (Å²) in [5.41, 5.74) is 0. The molecule has 8 heavy (non-hydrogen) atoms. The quantitative estimate of drug-likeness (QED) is 0.487. The minimum absolute atomic E-state index is 0.568. The van der Waals surface area contributed by atoms with Gasteiger partial charge >= 0.3 is 5.97 Å². The summed E-state index contributed by atoms with van der Waals surface area (Å²) in [7, 11) is 0. The first-order valence-corrected chi connectivity index (χ1v) is 2.63. The van der Waals surface area contributed by atoms with Crippen molar-refractivity contribution in [2.75, 3.05) is 6.61 Å². The van der Waals surface area contributed by atoms with E-state index in [1.54, 1.807) is 0 Å². The lowest BCUT2D eigenvalue weighted by Crippen LogP contribution is -2.16. The van der Waals surface area contributed by atoms with Gasteiger partial charge in [-0.3, -0.25) is 0 Å². The van der Waals surface area contributed by atoms with Gasteiger partial charge in [0, 0.05) is 6.61 Å². The van der Waals surface area contributed by atoms with Gasteiger partial charge in [0.25, 0.3) is 0 Å². The van der Waals surface area contributed by atoms with Gasteiger partial charge in [-0.1, -0.05) is 0 Å². The highest BCUT2D eigenvalue weighted by atomic mass is 16.5. The van der Waals surface area contributed by atoms with Crippen molar-refractivity contribution < 1.29 is 14.6 Å². The molecule has 1 saturated heterocycles. The molecule has 3 nitrogen and oxygen atoms in total. The molecule has 0 aliphatic carbocycles. The van der Waals surface area contributed by atoms with Gasteiger partial charge in [-0.15, -0.1) is 0 Å². The fraction of sp³-hybridized carbons (Fsp3) is 0.800. The fourth-order valence-electron chi connectivity index (χ4n) is 0.764. The Hall–Kier alpha value is -0.570. The molecule has 1 radical (unpaired) electrons. The average Bonchev–Trinajstić information content (AvgIpc) is 2.12. The molecule has 0 aromatic heterocycles. The van der Waals surface area contributed by atoms with Crippen LogP contribution in [0.1, 0.15) is 12.8 Å². The minimum Gasteiger partial charge on any atom is -0.366 e. The van der Waals surface area contributed by atoms with Crippen LogP contribution in [0, 0.1) is 0 Å². The van der Waals surface area contributed by atoms with Gasteiger partial charge in [-0.2, -0.15) is 0 Å². The average molecular weight is 115 g/mol. The molecule has 0 spiro atoms. The molecule has 0 bridgehead atoms. The van der Waals surface area contributed by atoms with Crippen molar-refractivity contribution in [1.82, 2.24) is 0 Å². The number of carbonyl (C=O) groups is 1. The van der Waals surface area contributed by atoms with Crippen molar-refractivity contribution >= 4 is 5.97 Å². The van der Waals surface area contributed by atoms with E-state index in [2.05, 4.69) is 0 Å². The van der Waals surface area contributed by atoms with Gasteiger partial charge in [0.1, 0.15) is 0 Å². The summed E-state index contributed by atoms with van der Waals surface area (Å²) in [6.45, 7) is 0.568. The molecule has 1 heterocycles. The van der Waals surface area contributed by atoms with Crippen LogP contribution in [0.2, 0.25) is 0 Å². The third-order valence-electron chi connectivity index (χ3n) is 1.19. The van der Waals surface area contributed by atoms with Crippen LogP contribution in [-0.2, 0) is 14.6 Å². The highest BCUT2D eigenvalue weighted by molar-refractivity contribution is 5.72. The molecule has 0 amide bonds. The van der Waals surface area contributed by atoms with Gasteiger partial charge in [-0.25, -0.2) is 9.90 Å². The van der Waals surface area contributed by atoms with Gasteiger partial charge in [0.15, 0.2) is 6.10 Å². The topological polar surface area (TPSA) is 46.2 Å². The Bertz CT molecular complexity index is 93.8. The van der Waals surface area contributed by atoms with E-state index < -0.39 is 12.1 Å². The minimum atomic E-state index is -1.08. The van der Waals surface area contributed by atoms with Gasteiger partial charge < -0.3 is 4.74 Å². The van der Waals surface area contributed by atoms with Crippen LogP contribution in [0.5, 0.6) is 0 Å². The standard InChI is InChI=1S/C5H7O3/c6-5(7)4-2-1-3-8-4/h4H,1-3H2. The molecule has 1 atom stereocenters. The Morgan fingerprint density at radius 3 is 2.62 bits per heavy atom. The first-order chi connectivity index (χ1) is 3.80. The zero-order valence-electron chi connectivity index (χ0n) is 4.42. The summed E-state index contributed by atoms with van der Waals surface area (Å²) in [6, 6.07) is 0. The molecular formula is C5H7O3. The van der Waals surface area contributed by atoms with Crippen LogP contribution in [0.4, 0.5) is 0 Å². The lowest BCUT2D eigenvalue weighted by atomic mass is 10.2. The van der Waals surface area contributed by atoms with Crippen molar-refractivity contribution in [3.63, 3.8) is 0 Å². The third kappa shape index (κ3) is 0.980. The molecule has 1 fully saturated rings. The summed E-state index contributed by atoms with van der Waals surface area (Å²) in [5, 5.41) is 9.97. The van der Waals surface area contributed by atoms with Crippen LogP contribution in [-0.4, -0.2) is 18.7 Å². The van der Waals surface area contributed by atoms with Crippen LogP contribution >= 0.6 is 0 Å². The predicted octanol–water partition coefficient (Wildman–Crippen LogP) is 0.122. The normalized spacial score (nSPS) is 28.2. The summed E-state index contributed by atoms with van der Waals surface area (Å²) in [4.78, 5) is 9.97. The Kier molecular flexibility index (Phi) is 1.48. The monoisotopic (exact) mass is 115 g/mol. The lowest BCUT2D eigenvalue weighted by Gasteiger charge is -1.96. The van der Waals surface area contributed by atoms with Crippen LogP contribution in [0.25, 0.3) is 0 Å². The summed E-state index contributed by atoms with van der Waals surface area (Å²) in [6.07, 6.45) is 0.830. The molecule has 0 N–H and O–H groups in total. The molecule has 0 aromatic carbocycles. The van der Waals surface area contributed by atoms with Gasteiger partial charge in [0.05, 0.1) is 0 Å². The van der Waals surface area contributed by atoms with Crippen molar-refractivity contribution in [1.29, 1.82) is 0 Å². The van der Waals surface area contributed by atoms with Crippen LogP contribution in [0.15, 0.2) is 0 Å².